The fourth-order valence-corrected chi connectivity index (χ4v) is 5.46. The van der Waals surface area contributed by atoms with Crippen molar-refractivity contribution in [3.8, 4) is 0 Å². The van der Waals surface area contributed by atoms with E-state index >= 15 is 0 Å². The number of ether oxygens (including phenoxy) is 2. The largest absolute Gasteiger partial charge is 0.445 e. The number of unbranched alkanes of at least 4 members (excludes halogenated alkanes) is 16. The average Bonchev–Trinajstić information content (AvgIpc) is 3.10. The zero-order chi connectivity index (χ0) is 38.3. The van der Waals surface area contributed by atoms with Gasteiger partial charge in [0.1, 0.15) is 6.61 Å². The first-order valence-electron chi connectivity index (χ1n) is 20.5. The molecule has 0 aromatic heterocycles. The van der Waals surface area contributed by atoms with Gasteiger partial charge in [0.05, 0.1) is 0 Å². The molecule has 1 unspecified atom stereocenters. The van der Waals surface area contributed by atoms with Crippen LogP contribution in [0.15, 0.2) is 48.6 Å². The third kappa shape index (κ3) is 36.6. The zero-order valence-electron chi connectivity index (χ0n) is 33.5. The zero-order valence-corrected chi connectivity index (χ0v) is 33.5. The first-order valence-corrected chi connectivity index (χ1v) is 20.5. The van der Waals surface area contributed by atoms with Gasteiger partial charge in [0, 0.05) is 19.4 Å². The summed E-state index contributed by atoms with van der Waals surface area (Å²) in [5, 5.41) is 4.51. The summed E-state index contributed by atoms with van der Waals surface area (Å²) in [6, 6.07) is 0. The number of imide groups is 2. The number of nitrogens with one attached hydrogen (secondary N) is 2. The molecule has 9 nitrogen and oxygen atoms in total. The van der Waals surface area contributed by atoms with Crippen molar-refractivity contribution in [1.82, 2.24) is 15.5 Å². The predicted octanol–water partition coefficient (Wildman–Crippen LogP) is 11.0. The Kier molecular flexibility index (Phi) is 35.2. The van der Waals surface area contributed by atoms with Crippen LogP contribution in [0.25, 0.3) is 0 Å². The Hall–Kier alpha value is -3.20. The van der Waals surface area contributed by atoms with E-state index in [1.54, 1.807) is 19.0 Å². The summed E-state index contributed by atoms with van der Waals surface area (Å²) in [5.41, 5.74) is 0. The van der Waals surface area contributed by atoms with E-state index in [1.807, 2.05) is 0 Å². The Balaban J connectivity index is 4.01. The molecule has 1 atom stereocenters. The van der Waals surface area contributed by atoms with Gasteiger partial charge in [0.15, 0.2) is 6.10 Å². The number of nitrogens with zero attached hydrogens (tertiary/aromatic N) is 1. The van der Waals surface area contributed by atoms with Crippen molar-refractivity contribution in [2.24, 2.45) is 0 Å². The summed E-state index contributed by atoms with van der Waals surface area (Å²) in [5.74, 6) is -0.783. The highest BCUT2D eigenvalue weighted by Gasteiger charge is 2.20. The molecule has 0 aromatic carbocycles. The fraction of sp³-hybridized carbons (Fsp3) is 0.721. The molecule has 0 saturated heterocycles. The molecule has 0 rings (SSSR count). The van der Waals surface area contributed by atoms with Crippen molar-refractivity contribution in [3.05, 3.63) is 48.6 Å². The Labute approximate surface area is 317 Å². The second-order valence-corrected chi connectivity index (χ2v) is 13.9. The van der Waals surface area contributed by atoms with Gasteiger partial charge in [-0.05, 0) is 91.1 Å². The van der Waals surface area contributed by atoms with Gasteiger partial charge >= 0.3 is 12.2 Å². The Morgan fingerprint density at radius 3 is 1.33 bits per heavy atom. The van der Waals surface area contributed by atoms with Crippen molar-refractivity contribution < 1.29 is 28.7 Å². The van der Waals surface area contributed by atoms with Crippen LogP contribution in [0.4, 0.5) is 9.59 Å². The number of hydrogen-bond donors (Lipinski definition) is 2. The summed E-state index contributed by atoms with van der Waals surface area (Å²) in [7, 11) is 3.58. The molecule has 52 heavy (non-hydrogen) atoms. The van der Waals surface area contributed by atoms with Crippen LogP contribution in [0, 0.1) is 0 Å². The van der Waals surface area contributed by atoms with Crippen LogP contribution in [0.3, 0.4) is 0 Å². The van der Waals surface area contributed by atoms with Crippen molar-refractivity contribution >= 4 is 24.0 Å². The van der Waals surface area contributed by atoms with E-state index in [9.17, 15) is 19.2 Å². The van der Waals surface area contributed by atoms with E-state index in [0.717, 1.165) is 77.0 Å². The lowest BCUT2D eigenvalue weighted by molar-refractivity contribution is -0.122. The second kappa shape index (κ2) is 37.6. The molecular weight excluding hydrogens is 654 g/mol. The summed E-state index contributed by atoms with van der Waals surface area (Å²) in [6.07, 6.45) is 39.9. The van der Waals surface area contributed by atoms with Crippen LogP contribution >= 0.6 is 0 Å². The van der Waals surface area contributed by atoms with Crippen LogP contribution in [0.1, 0.15) is 168 Å². The molecule has 9 heteroatoms. The fourth-order valence-electron chi connectivity index (χ4n) is 5.46. The summed E-state index contributed by atoms with van der Waals surface area (Å²) < 4.78 is 10.5. The molecule has 0 heterocycles. The number of carbonyl (C=O) groups excluding carboxylic acids is 4. The van der Waals surface area contributed by atoms with Gasteiger partial charge in [0.25, 0.3) is 0 Å². The molecule has 298 valence electrons. The maximum atomic E-state index is 12.3. The third-order valence-electron chi connectivity index (χ3n) is 8.43. The van der Waals surface area contributed by atoms with Crippen LogP contribution in [0.2, 0.25) is 0 Å². The summed E-state index contributed by atoms with van der Waals surface area (Å²) >= 11 is 0. The molecule has 0 spiro atoms. The summed E-state index contributed by atoms with van der Waals surface area (Å²) in [4.78, 5) is 50.8. The quantitative estimate of drug-likeness (QED) is 0.0510. The number of carbonyl (C=O) groups is 4. The van der Waals surface area contributed by atoms with Crippen molar-refractivity contribution in [3.63, 3.8) is 0 Å². The third-order valence-corrected chi connectivity index (χ3v) is 8.43. The lowest BCUT2D eigenvalue weighted by Crippen LogP contribution is -2.41. The topological polar surface area (TPSA) is 114 Å². The molecule has 0 fully saturated rings. The smallest absolute Gasteiger partial charge is 0.414 e. The van der Waals surface area contributed by atoms with E-state index in [1.165, 1.54) is 51.4 Å². The van der Waals surface area contributed by atoms with Gasteiger partial charge in [-0.15, -0.1) is 0 Å². The van der Waals surface area contributed by atoms with Crippen LogP contribution in [0.5, 0.6) is 0 Å². The minimum Gasteiger partial charge on any atom is -0.445 e. The molecule has 0 saturated carbocycles. The molecule has 4 amide bonds. The van der Waals surface area contributed by atoms with Crippen LogP contribution in [-0.2, 0) is 19.1 Å². The number of hydrogen-bond acceptors (Lipinski definition) is 7. The van der Waals surface area contributed by atoms with E-state index < -0.39 is 30.1 Å². The minimum absolute atomic E-state index is 0.243. The van der Waals surface area contributed by atoms with Crippen molar-refractivity contribution in [1.29, 1.82) is 0 Å². The predicted molar refractivity (Wildman–Crippen MR) is 215 cm³/mol. The maximum Gasteiger partial charge on any atom is 0.414 e. The summed E-state index contributed by atoms with van der Waals surface area (Å²) in [6.45, 7) is 4.48. The van der Waals surface area contributed by atoms with E-state index in [0.29, 0.717) is 12.8 Å². The monoisotopic (exact) mass is 730 g/mol. The Bertz CT molecular complexity index is 1020. The molecule has 0 radical (unpaired) electrons. The highest BCUT2D eigenvalue weighted by Crippen LogP contribution is 2.10. The highest BCUT2D eigenvalue weighted by atomic mass is 16.6. The van der Waals surface area contributed by atoms with Gasteiger partial charge < -0.3 is 14.4 Å². The minimum atomic E-state index is -0.877. The molecule has 0 bridgehead atoms. The molecular formula is C43H75N3O6. The molecule has 0 aliphatic heterocycles. The first-order chi connectivity index (χ1) is 25.3. The lowest BCUT2D eigenvalue weighted by atomic mass is 10.1. The number of allylic oxidation sites excluding steroid dienone is 8. The number of alkyl carbamates (subject to hydrolysis) is 2. The Morgan fingerprint density at radius 1 is 0.519 bits per heavy atom. The van der Waals surface area contributed by atoms with Gasteiger partial charge in [-0.1, -0.05) is 127 Å². The molecule has 0 aliphatic carbocycles. The van der Waals surface area contributed by atoms with E-state index in [2.05, 4.69) is 73.1 Å². The van der Waals surface area contributed by atoms with Gasteiger partial charge in [-0.3, -0.25) is 20.2 Å². The molecule has 2 N–H and O–H groups in total. The van der Waals surface area contributed by atoms with Crippen LogP contribution < -0.4 is 10.6 Å². The SMILES string of the molecule is CCCCC/C=C\C/C=C\CCCCCCCC(=O)NC(=O)OCC(CN(C)C)OC(=O)NC(=O)CCCCCCC/C=C\C/C=C\CCCCC. The maximum absolute atomic E-state index is 12.3. The second-order valence-electron chi connectivity index (χ2n) is 13.9. The first kappa shape index (κ1) is 48.8. The van der Waals surface area contributed by atoms with Gasteiger partial charge in [0.2, 0.25) is 11.8 Å². The van der Waals surface area contributed by atoms with E-state index in [4.69, 9.17) is 9.47 Å². The van der Waals surface area contributed by atoms with Crippen molar-refractivity contribution in [2.45, 2.75) is 174 Å². The molecule has 0 aliphatic rings. The lowest BCUT2D eigenvalue weighted by Gasteiger charge is -2.21. The van der Waals surface area contributed by atoms with Gasteiger partial charge in [-0.25, -0.2) is 9.59 Å². The van der Waals surface area contributed by atoms with E-state index in [-0.39, 0.29) is 26.0 Å². The Morgan fingerprint density at radius 2 is 0.904 bits per heavy atom. The normalized spacial score (nSPS) is 12.4. The average molecular weight is 730 g/mol. The van der Waals surface area contributed by atoms with Crippen LogP contribution in [-0.4, -0.2) is 62.3 Å². The van der Waals surface area contributed by atoms with Gasteiger partial charge in [-0.2, -0.15) is 0 Å². The number of rotatable bonds is 33. The number of amides is 4. The highest BCUT2D eigenvalue weighted by molar-refractivity contribution is 5.92. The standard InChI is InChI=1S/C43H75N3O6/c1-5-7-9-11-13-15-17-19-21-23-25-27-29-31-33-35-40(47)44-42(49)51-38-39(37-46(3)4)52-43(50)45-41(48)36-34-32-30-28-26-24-22-20-18-16-14-12-10-8-6-2/h13-16,19-22,39H,5-12,17-18,23-38H2,1-4H3,(H,44,47,49)(H,45,48,50)/b15-13-,16-14-,21-19-,22-20-. The number of likely N-dealkylation sites (N-methyl/N-ethyl adjacent to an activating group) is 1. The van der Waals surface area contributed by atoms with Crippen molar-refractivity contribution in [2.75, 3.05) is 27.2 Å². The molecule has 0 aromatic rings.